The first kappa shape index (κ1) is 12.0. The van der Waals surface area contributed by atoms with Crippen LogP contribution in [0.15, 0.2) is 17.2 Å². The van der Waals surface area contributed by atoms with Crippen molar-refractivity contribution in [1.29, 1.82) is 0 Å². The largest absolute Gasteiger partial charge is 0.353 e. The third-order valence-corrected chi connectivity index (χ3v) is 4.99. The first-order valence-electron chi connectivity index (χ1n) is 4.67. The molecule has 0 spiro atoms. The highest BCUT2D eigenvalue weighted by atomic mass is 35.5. The van der Waals surface area contributed by atoms with Crippen molar-refractivity contribution in [2.75, 3.05) is 24.2 Å². The molecule has 0 aliphatic carbocycles. The van der Waals surface area contributed by atoms with Crippen molar-refractivity contribution in [3.05, 3.63) is 17.3 Å². The maximum atomic E-state index is 11.2. The van der Waals surface area contributed by atoms with Gasteiger partial charge in [0.2, 0.25) is 0 Å². The van der Waals surface area contributed by atoms with Crippen LogP contribution in [0.2, 0.25) is 5.02 Å². The highest BCUT2D eigenvalue weighted by Gasteiger charge is 2.36. The summed E-state index contributed by atoms with van der Waals surface area (Å²) in [6.07, 6.45) is 2.86. The Balaban J connectivity index is 2.16. The van der Waals surface area contributed by atoms with Crippen LogP contribution >= 0.6 is 24.2 Å². The topological polar surface area (TPSA) is 50.3 Å². The zero-order valence-electron chi connectivity index (χ0n) is 8.59. The molecule has 1 aliphatic heterocycles. The zero-order valence-corrected chi connectivity index (χ0v) is 11.1. The van der Waals surface area contributed by atoms with Gasteiger partial charge in [-0.2, -0.15) is 0 Å². The van der Waals surface area contributed by atoms with E-state index in [1.807, 2.05) is 4.90 Å². The van der Waals surface area contributed by atoms with E-state index in [0.29, 0.717) is 28.8 Å². The quantitative estimate of drug-likeness (QED) is 0.828. The summed E-state index contributed by atoms with van der Waals surface area (Å²) in [6.45, 7) is 0.894. The molecule has 16 heavy (non-hydrogen) atoms. The van der Waals surface area contributed by atoms with E-state index in [-0.39, 0.29) is 5.25 Å². The Hall–Kier alpha value is -0.460. The van der Waals surface area contributed by atoms with Crippen molar-refractivity contribution in [2.45, 2.75) is 10.1 Å². The Bertz CT molecular complexity index is 512. The van der Waals surface area contributed by atoms with Gasteiger partial charge in [0.1, 0.15) is 5.82 Å². The minimum absolute atomic E-state index is 0.311. The molecule has 1 aromatic rings. The summed E-state index contributed by atoms with van der Waals surface area (Å²) in [5.41, 5.74) is 0. The monoisotopic (exact) mass is 278 g/mol. The lowest BCUT2D eigenvalue weighted by atomic mass is 10.2. The number of pyridine rings is 1. The molecule has 7 heteroatoms. The van der Waals surface area contributed by atoms with Crippen LogP contribution in [0, 0.1) is 0 Å². The van der Waals surface area contributed by atoms with Gasteiger partial charge in [-0.3, -0.25) is 0 Å². The molecule has 1 aromatic heterocycles. The third kappa shape index (κ3) is 2.14. The van der Waals surface area contributed by atoms with Gasteiger partial charge in [-0.05, 0) is 6.07 Å². The second-order valence-corrected chi connectivity index (χ2v) is 7.01. The van der Waals surface area contributed by atoms with Gasteiger partial charge in [0, 0.05) is 30.4 Å². The number of halogens is 1. The van der Waals surface area contributed by atoms with Crippen LogP contribution in [-0.2, 0) is 9.84 Å². The van der Waals surface area contributed by atoms with Crippen molar-refractivity contribution in [3.63, 3.8) is 0 Å². The Morgan fingerprint density at radius 1 is 1.56 bits per heavy atom. The molecule has 0 aromatic carbocycles. The molecule has 2 heterocycles. The minimum Gasteiger partial charge on any atom is -0.353 e. The normalized spacial score (nSPS) is 17.3. The maximum absolute atomic E-state index is 11.2. The molecule has 1 saturated heterocycles. The van der Waals surface area contributed by atoms with Gasteiger partial charge < -0.3 is 4.90 Å². The second-order valence-electron chi connectivity index (χ2n) is 3.82. The van der Waals surface area contributed by atoms with Crippen LogP contribution in [0.1, 0.15) is 0 Å². The van der Waals surface area contributed by atoms with Gasteiger partial charge in [0.15, 0.2) is 9.84 Å². The number of thiol groups is 1. The molecule has 0 amide bonds. The zero-order chi connectivity index (χ0) is 11.9. The lowest BCUT2D eigenvalue weighted by Crippen LogP contribution is -2.55. The molecule has 4 nitrogen and oxygen atoms in total. The van der Waals surface area contributed by atoms with Crippen LogP contribution in [0.5, 0.6) is 0 Å². The van der Waals surface area contributed by atoms with E-state index in [0.717, 1.165) is 0 Å². The highest BCUT2D eigenvalue weighted by Crippen LogP contribution is 2.32. The lowest BCUT2D eigenvalue weighted by molar-refractivity contribution is 0.544. The molecule has 1 fully saturated rings. The van der Waals surface area contributed by atoms with Crippen LogP contribution in [0.25, 0.3) is 0 Å². The van der Waals surface area contributed by atoms with E-state index in [1.165, 1.54) is 6.26 Å². The number of aromatic nitrogens is 1. The lowest BCUT2D eigenvalue weighted by Gasteiger charge is -2.39. The molecule has 1 aliphatic rings. The Labute approximate surface area is 105 Å². The SMILES string of the molecule is CS(=O)(=O)C1CN(c2nccc(S)c2Cl)C1. The van der Waals surface area contributed by atoms with E-state index in [1.54, 1.807) is 12.3 Å². The van der Waals surface area contributed by atoms with Gasteiger partial charge in [-0.25, -0.2) is 13.4 Å². The smallest absolute Gasteiger partial charge is 0.153 e. The van der Waals surface area contributed by atoms with E-state index in [4.69, 9.17) is 11.6 Å². The highest BCUT2D eigenvalue weighted by molar-refractivity contribution is 7.91. The molecule has 2 rings (SSSR count). The molecule has 0 saturated carbocycles. The van der Waals surface area contributed by atoms with Crippen molar-refractivity contribution in [2.24, 2.45) is 0 Å². The van der Waals surface area contributed by atoms with Gasteiger partial charge >= 0.3 is 0 Å². The maximum Gasteiger partial charge on any atom is 0.153 e. The molecule has 0 radical (unpaired) electrons. The summed E-state index contributed by atoms with van der Waals surface area (Å²) in [7, 11) is -2.96. The van der Waals surface area contributed by atoms with E-state index < -0.39 is 9.84 Å². The number of hydrogen-bond acceptors (Lipinski definition) is 5. The first-order valence-corrected chi connectivity index (χ1v) is 7.45. The van der Waals surface area contributed by atoms with E-state index in [9.17, 15) is 8.42 Å². The average molecular weight is 279 g/mol. The van der Waals surface area contributed by atoms with Gasteiger partial charge in [-0.15, -0.1) is 12.6 Å². The summed E-state index contributed by atoms with van der Waals surface area (Å²) in [5, 5.41) is 0.159. The number of hydrogen-bond donors (Lipinski definition) is 1. The average Bonchev–Trinajstić information content (AvgIpc) is 2.07. The molecular formula is C9H11ClN2O2S2. The fourth-order valence-corrected chi connectivity index (χ4v) is 2.82. The number of sulfone groups is 1. The summed E-state index contributed by atoms with van der Waals surface area (Å²) in [6, 6.07) is 1.70. The summed E-state index contributed by atoms with van der Waals surface area (Å²) in [4.78, 5) is 6.62. The minimum atomic E-state index is -2.96. The van der Waals surface area contributed by atoms with Crippen LogP contribution in [0.4, 0.5) is 5.82 Å². The fourth-order valence-electron chi connectivity index (χ4n) is 1.53. The van der Waals surface area contributed by atoms with E-state index >= 15 is 0 Å². The second kappa shape index (κ2) is 4.09. The Morgan fingerprint density at radius 2 is 2.19 bits per heavy atom. The van der Waals surface area contributed by atoms with Gasteiger partial charge in [-0.1, -0.05) is 11.6 Å². The van der Waals surface area contributed by atoms with Crippen molar-refractivity contribution in [3.8, 4) is 0 Å². The van der Waals surface area contributed by atoms with Crippen LogP contribution in [0.3, 0.4) is 0 Å². The number of rotatable bonds is 2. The summed E-state index contributed by atoms with van der Waals surface area (Å²) < 4.78 is 22.5. The molecule has 88 valence electrons. The standard InChI is InChI=1S/C9H11ClN2O2S2/c1-16(13,14)6-4-12(5-6)9-8(10)7(15)2-3-11-9/h2-3,6H,4-5H2,1H3,(H,11,15). The van der Waals surface area contributed by atoms with Crippen molar-refractivity contribution < 1.29 is 8.42 Å². The third-order valence-electron chi connectivity index (χ3n) is 2.60. The van der Waals surface area contributed by atoms with E-state index in [2.05, 4.69) is 17.6 Å². The molecule has 0 bridgehead atoms. The van der Waals surface area contributed by atoms with Crippen LogP contribution in [-0.4, -0.2) is 38.0 Å². The molecule has 0 N–H and O–H groups in total. The molecule has 0 atom stereocenters. The van der Waals surface area contributed by atoms with Gasteiger partial charge in [0.25, 0.3) is 0 Å². The summed E-state index contributed by atoms with van der Waals surface area (Å²) in [5.74, 6) is 0.606. The Morgan fingerprint density at radius 3 is 2.75 bits per heavy atom. The number of nitrogens with zero attached hydrogens (tertiary/aromatic N) is 2. The van der Waals surface area contributed by atoms with Gasteiger partial charge in [0.05, 0.1) is 10.3 Å². The van der Waals surface area contributed by atoms with Crippen molar-refractivity contribution in [1.82, 2.24) is 4.98 Å². The predicted molar refractivity (Wildman–Crippen MR) is 67.3 cm³/mol. The first-order chi connectivity index (χ1) is 7.39. The van der Waals surface area contributed by atoms with Crippen molar-refractivity contribution >= 4 is 39.9 Å². The predicted octanol–water partition coefficient (Wildman–Crippen LogP) is 1.26. The van der Waals surface area contributed by atoms with Crippen LogP contribution < -0.4 is 4.90 Å². The Kier molecular flexibility index (Phi) is 3.07. The molecular weight excluding hydrogens is 268 g/mol. The molecule has 0 unspecified atom stereocenters. The summed E-state index contributed by atoms with van der Waals surface area (Å²) >= 11 is 10.2. The number of anilines is 1. The fraction of sp³-hybridized carbons (Fsp3) is 0.444.